The van der Waals surface area contributed by atoms with Crippen molar-refractivity contribution in [2.45, 2.75) is 11.4 Å². The second-order valence-electron chi connectivity index (χ2n) is 6.03. The summed E-state index contributed by atoms with van der Waals surface area (Å²) in [7, 11) is -1.69. The normalized spacial score (nSPS) is 16.0. The van der Waals surface area contributed by atoms with Gasteiger partial charge in [-0.25, -0.2) is 18.4 Å². The number of anilines is 1. The third-order valence-electron chi connectivity index (χ3n) is 4.20. The highest BCUT2D eigenvalue weighted by atomic mass is 32.2. The highest BCUT2D eigenvalue weighted by Gasteiger charge is 2.23. The first-order valence-electron chi connectivity index (χ1n) is 8.09. The van der Waals surface area contributed by atoms with Gasteiger partial charge in [0, 0.05) is 51.2 Å². The van der Waals surface area contributed by atoms with Crippen LogP contribution >= 0.6 is 0 Å². The lowest BCUT2D eigenvalue weighted by Gasteiger charge is -2.35. The Balaban J connectivity index is 1.66. The van der Waals surface area contributed by atoms with Crippen LogP contribution in [-0.2, 0) is 16.4 Å². The molecule has 1 saturated heterocycles. The molecule has 0 aromatic carbocycles. The molecule has 2 aromatic rings. The fraction of sp³-hybridized carbons (Fsp3) is 0.412. The number of sulfone groups is 1. The largest absolute Gasteiger partial charge is 0.481 e. The van der Waals surface area contributed by atoms with Gasteiger partial charge < -0.3 is 9.64 Å². The molecular weight excluding hydrogens is 340 g/mol. The van der Waals surface area contributed by atoms with E-state index in [0.29, 0.717) is 11.7 Å². The van der Waals surface area contributed by atoms with E-state index in [0.717, 1.165) is 38.4 Å². The molecule has 8 heteroatoms. The van der Waals surface area contributed by atoms with Crippen molar-refractivity contribution in [3.05, 3.63) is 42.2 Å². The monoisotopic (exact) mass is 362 g/mol. The number of piperazine rings is 1. The summed E-state index contributed by atoms with van der Waals surface area (Å²) in [6.07, 6.45) is 2.86. The van der Waals surface area contributed by atoms with Crippen molar-refractivity contribution in [3.8, 4) is 5.88 Å². The summed E-state index contributed by atoms with van der Waals surface area (Å²) in [6.45, 7) is 3.83. The summed E-state index contributed by atoms with van der Waals surface area (Å²) in [6, 6.07) is 9.02. The van der Waals surface area contributed by atoms with Crippen LogP contribution in [0.4, 0.5) is 5.82 Å². The zero-order valence-electron chi connectivity index (χ0n) is 14.4. The molecule has 0 saturated carbocycles. The summed E-state index contributed by atoms with van der Waals surface area (Å²) in [5.74, 6) is 1.16. The number of pyridine rings is 2. The number of aromatic nitrogens is 2. The molecular formula is C17H22N4O3S. The van der Waals surface area contributed by atoms with Crippen LogP contribution in [0.3, 0.4) is 0 Å². The second-order valence-corrected chi connectivity index (χ2v) is 8.02. The zero-order valence-corrected chi connectivity index (χ0v) is 15.2. The van der Waals surface area contributed by atoms with Gasteiger partial charge in [0.1, 0.15) is 10.7 Å². The van der Waals surface area contributed by atoms with Crippen molar-refractivity contribution in [2.75, 3.05) is 44.4 Å². The molecule has 7 nitrogen and oxygen atoms in total. The molecule has 1 fully saturated rings. The Bertz CT molecular complexity index is 833. The number of rotatable bonds is 5. The van der Waals surface area contributed by atoms with Crippen LogP contribution in [0.25, 0.3) is 0 Å². The van der Waals surface area contributed by atoms with Gasteiger partial charge in [0.15, 0.2) is 9.84 Å². The number of hydrogen-bond acceptors (Lipinski definition) is 7. The fourth-order valence-electron chi connectivity index (χ4n) is 2.92. The number of hydrogen-bond donors (Lipinski definition) is 0. The highest BCUT2D eigenvalue weighted by Crippen LogP contribution is 2.23. The molecule has 3 rings (SSSR count). The molecule has 2 aromatic heterocycles. The molecule has 0 unspecified atom stereocenters. The van der Waals surface area contributed by atoms with Crippen LogP contribution in [-0.4, -0.2) is 62.8 Å². The molecule has 0 aliphatic carbocycles. The Morgan fingerprint density at radius 3 is 2.56 bits per heavy atom. The topological polar surface area (TPSA) is 75.6 Å². The predicted octanol–water partition coefficient (Wildman–Crippen LogP) is 1.21. The average Bonchev–Trinajstić information content (AvgIpc) is 2.62. The van der Waals surface area contributed by atoms with Gasteiger partial charge in [-0.3, -0.25) is 4.90 Å². The van der Waals surface area contributed by atoms with Crippen LogP contribution in [0.2, 0.25) is 0 Å². The van der Waals surface area contributed by atoms with Crippen molar-refractivity contribution in [1.29, 1.82) is 0 Å². The van der Waals surface area contributed by atoms with Crippen molar-refractivity contribution in [2.24, 2.45) is 0 Å². The molecule has 0 bridgehead atoms. The van der Waals surface area contributed by atoms with Gasteiger partial charge >= 0.3 is 0 Å². The molecule has 1 aliphatic rings. The van der Waals surface area contributed by atoms with E-state index < -0.39 is 9.84 Å². The minimum absolute atomic E-state index is 0.290. The summed E-state index contributed by atoms with van der Waals surface area (Å²) < 4.78 is 29.1. The Hall–Kier alpha value is -2.19. The van der Waals surface area contributed by atoms with Crippen molar-refractivity contribution in [3.63, 3.8) is 0 Å². The third-order valence-corrected chi connectivity index (χ3v) is 5.32. The summed E-state index contributed by atoms with van der Waals surface area (Å²) in [5, 5.41) is 0. The molecule has 0 N–H and O–H groups in total. The van der Waals surface area contributed by atoms with Crippen LogP contribution in [0.15, 0.2) is 41.4 Å². The van der Waals surface area contributed by atoms with E-state index in [4.69, 9.17) is 4.74 Å². The predicted molar refractivity (Wildman–Crippen MR) is 95.6 cm³/mol. The number of ether oxygens (including phenoxy) is 1. The van der Waals surface area contributed by atoms with Crippen molar-refractivity contribution >= 4 is 15.7 Å². The van der Waals surface area contributed by atoms with Crippen molar-refractivity contribution in [1.82, 2.24) is 14.9 Å². The minimum Gasteiger partial charge on any atom is -0.481 e. The Morgan fingerprint density at radius 1 is 1.12 bits per heavy atom. The molecule has 0 atom stereocenters. The van der Waals surface area contributed by atoms with Gasteiger partial charge in [-0.05, 0) is 18.2 Å². The molecule has 3 heterocycles. The quantitative estimate of drug-likeness (QED) is 0.791. The lowest BCUT2D eigenvalue weighted by molar-refractivity contribution is 0.245. The smallest absolute Gasteiger partial charge is 0.213 e. The van der Waals surface area contributed by atoms with Gasteiger partial charge in [-0.1, -0.05) is 6.07 Å². The molecule has 0 amide bonds. The third kappa shape index (κ3) is 4.26. The Morgan fingerprint density at radius 2 is 1.88 bits per heavy atom. The molecule has 0 spiro atoms. The SMILES string of the molecule is COc1cccc(CN2CCN(c3ncccc3S(C)(=O)=O)CC2)n1. The summed E-state index contributed by atoms with van der Waals surface area (Å²) in [4.78, 5) is 13.4. The van der Waals surface area contributed by atoms with E-state index in [-0.39, 0.29) is 4.90 Å². The van der Waals surface area contributed by atoms with E-state index in [2.05, 4.69) is 14.9 Å². The van der Waals surface area contributed by atoms with Gasteiger partial charge in [-0.2, -0.15) is 0 Å². The molecule has 134 valence electrons. The standard InChI is InChI=1S/C17H22N4O3S/c1-24-16-7-3-5-14(19-16)13-20-9-11-21(12-10-20)17-15(25(2,22)23)6-4-8-18-17/h3-8H,9-13H2,1-2H3. The second kappa shape index (κ2) is 7.37. The summed E-state index contributed by atoms with van der Waals surface area (Å²) >= 11 is 0. The first-order chi connectivity index (χ1) is 12.0. The van der Waals surface area contributed by atoms with E-state index in [9.17, 15) is 8.42 Å². The first kappa shape index (κ1) is 17.6. The first-order valence-corrected chi connectivity index (χ1v) is 9.99. The molecule has 1 aliphatic heterocycles. The Labute approximate surface area is 148 Å². The van der Waals surface area contributed by atoms with E-state index in [1.54, 1.807) is 25.4 Å². The maximum Gasteiger partial charge on any atom is 0.213 e. The Kier molecular flexibility index (Phi) is 5.19. The van der Waals surface area contributed by atoms with E-state index in [1.165, 1.54) is 6.26 Å². The lowest BCUT2D eigenvalue weighted by Crippen LogP contribution is -2.46. The van der Waals surface area contributed by atoms with Crippen LogP contribution in [0, 0.1) is 0 Å². The van der Waals surface area contributed by atoms with Gasteiger partial charge in [-0.15, -0.1) is 0 Å². The van der Waals surface area contributed by atoms with Crippen LogP contribution in [0.1, 0.15) is 5.69 Å². The maximum atomic E-state index is 12.0. The zero-order chi connectivity index (χ0) is 17.9. The van der Waals surface area contributed by atoms with E-state index in [1.807, 2.05) is 23.1 Å². The van der Waals surface area contributed by atoms with Crippen LogP contribution in [0.5, 0.6) is 5.88 Å². The summed E-state index contributed by atoms with van der Waals surface area (Å²) in [5.41, 5.74) is 0.961. The maximum absolute atomic E-state index is 12.0. The van der Waals surface area contributed by atoms with Gasteiger partial charge in [0.05, 0.1) is 12.8 Å². The van der Waals surface area contributed by atoms with Crippen molar-refractivity contribution < 1.29 is 13.2 Å². The number of nitrogens with zero attached hydrogens (tertiary/aromatic N) is 4. The van der Waals surface area contributed by atoms with E-state index >= 15 is 0 Å². The molecule has 0 radical (unpaired) electrons. The molecule has 25 heavy (non-hydrogen) atoms. The average molecular weight is 362 g/mol. The van der Waals surface area contributed by atoms with Crippen LogP contribution < -0.4 is 9.64 Å². The number of methoxy groups -OCH3 is 1. The van der Waals surface area contributed by atoms with Gasteiger partial charge in [0.2, 0.25) is 5.88 Å². The minimum atomic E-state index is -3.29. The van der Waals surface area contributed by atoms with Gasteiger partial charge in [0.25, 0.3) is 0 Å². The highest BCUT2D eigenvalue weighted by molar-refractivity contribution is 7.90. The fourth-order valence-corrected chi connectivity index (χ4v) is 3.75. The lowest BCUT2D eigenvalue weighted by atomic mass is 10.2.